The highest BCUT2D eigenvalue weighted by atomic mass is 15.3. The fourth-order valence-corrected chi connectivity index (χ4v) is 5.69. The Hall–Kier alpha value is -0.120. The average Bonchev–Trinajstić information content (AvgIpc) is 2.48. The summed E-state index contributed by atoms with van der Waals surface area (Å²) in [6.45, 7) is 7.54. The van der Waals surface area contributed by atoms with Crippen molar-refractivity contribution in [1.29, 1.82) is 0 Å². The van der Waals surface area contributed by atoms with Gasteiger partial charge in [-0.1, -0.05) is 13.3 Å². The first-order chi connectivity index (χ1) is 9.85. The van der Waals surface area contributed by atoms with Gasteiger partial charge in [0.25, 0.3) is 0 Å². The van der Waals surface area contributed by atoms with Crippen molar-refractivity contribution in [3.8, 4) is 0 Å². The Labute approximate surface area is 124 Å². The normalized spacial score (nSPS) is 48.5. The van der Waals surface area contributed by atoms with Gasteiger partial charge >= 0.3 is 0 Å². The summed E-state index contributed by atoms with van der Waals surface area (Å²) in [4.78, 5) is 5.75. The zero-order valence-electron chi connectivity index (χ0n) is 13.1. The van der Waals surface area contributed by atoms with Crippen molar-refractivity contribution in [3.63, 3.8) is 0 Å². The number of nitrogens with zero attached hydrogens (tertiary/aromatic N) is 2. The maximum absolute atomic E-state index is 3.73. The molecule has 5 rings (SSSR count). The lowest BCUT2D eigenvalue weighted by Gasteiger charge is -2.58. The maximum atomic E-state index is 3.73. The van der Waals surface area contributed by atoms with E-state index in [-0.39, 0.29) is 0 Å². The van der Waals surface area contributed by atoms with Crippen LogP contribution in [0.1, 0.15) is 51.9 Å². The third-order valence-electron chi connectivity index (χ3n) is 6.53. The van der Waals surface area contributed by atoms with E-state index in [1.807, 2.05) is 0 Å². The first kappa shape index (κ1) is 13.5. The van der Waals surface area contributed by atoms with Gasteiger partial charge in [0.15, 0.2) is 0 Å². The van der Waals surface area contributed by atoms with Gasteiger partial charge in [0.05, 0.1) is 0 Å². The van der Waals surface area contributed by atoms with Gasteiger partial charge in [0.1, 0.15) is 0 Å². The highest BCUT2D eigenvalue weighted by Gasteiger charge is 2.46. The van der Waals surface area contributed by atoms with Gasteiger partial charge in [-0.3, -0.25) is 4.90 Å². The van der Waals surface area contributed by atoms with Gasteiger partial charge in [0.2, 0.25) is 0 Å². The largest absolute Gasteiger partial charge is 0.314 e. The Morgan fingerprint density at radius 3 is 2.25 bits per heavy atom. The van der Waals surface area contributed by atoms with Crippen LogP contribution in [0.2, 0.25) is 0 Å². The summed E-state index contributed by atoms with van der Waals surface area (Å²) in [6.07, 6.45) is 10.2. The zero-order chi connectivity index (χ0) is 13.5. The Morgan fingerprint density at radius 2 is 1.70 bits per heavy atom. The molecule has 4 bridgehead atoms. The topological polar surface area (TPSA) is 18.5 Å². The molecule has 20 heavy (non-hydrogen) atoms. The van der Waals surface area contributed by atoms with Gasteiger partial charge < -0.3 is 10.2 Å². The van der Waals surface area contributed by atoms with Crippen LogP contribution in [0.25, 0.3) is 0 Å². The monoisotopic (exact) mass is 277 g/mol. The fraction of sp³-hybridized carbons (Fsp3) is 1.00. The summed E-state index contributed by atoms with van der Waals surface area (Å²) in [5, 5.41) is 3.73. The minimum atomic E-state index is 0.799. The highest BCUT2D eigenvalue weighted by Crippen LogP contribution is 2.41. The second-order valence-corrected chi connectivity index (χ2v) is 7.62. The van der Waals surface area contributed by atoms with Crippen LogP contribution in [0.15, 0.2) is 0 Å². The van der Waals surface area contributed by atoms with Crippen LogP contribution in [0, 0.1) is 5.92 Å². The Balaban J connectivity index is 1.50. The maximum Gasteiger partial charge on any atom is 0.0258 e. The molecule has 0 amide bonds. The molecule has 0 radical (unpaired) electrons. The van der Waals surface area contributed by atoms with Crippen molar-refractivity contribution in [3.05, 3.63) is 0 Å². The predicted octanol–water partition coefficient (Wildman–Crippen LogP) is 2.08. The van der Waals surface area contributed by atoms with Crippen molar-refractivity contribution >= 4 is 0 Å². The smallest absolute Gasteiger partial charge is 0.0258 e. The minimum Gasteiger partial charge on any atom is -0.314 e. The third kappa shape index (κ3) is 2.32. The molecule has 1 N–H and O–H groups in total. The number of hydrogen-bond donors (Lipinski definition) is 1. The Kier molecular flexibility index (Phi) is 3.78. The number of rotatable bonds is 3. The van der Waals surface area contributed by atoms with Crippen molar-refractivity contribution in [2.75, 3.05) is 26.2 Å². The standard InChI is InChI=1S/C17H31N3/c1-2-18-14-10-15-4-3-5-16(11-14)20(15)17-12-19-8-6-13(17)7-9-19/h13-18H,2-12H2,1H3. The average molecular weight is 277 g/mol. The lowest BCUT2D eigenvalue weighted by molar-refractivity contribution is -0.0767. The summed E-state index contributed by atoms with van der Waals surface area (Å²) < 4.78 is 0. The van der Waals surface area contributed by atoms with Gasteiger partial charge in [-0.15, -0.1) is 0 Å². The summed E-state index contributed by atoms with van der Waals surface area (Å²) in [5.41, 5.74) is 0. The summed E-state index contributed by atoms with van der Waals surface area (Å²) in [5.74, 6) is 1.01. The molecule has 0 saturated carbocycles. The molecule has 0 aromatic rings. The van der Waals surface area contributed by atoms with E-state index in [1.165, 1.54) is 64.6 Å². The molecular weight excluding hydrogens is 246 g/mol. The molecular formula is C17H31N3. The van der Waals surface area contributed by atoms with Crippen LogP contribution in [-0.4, -0.2) is 60.1 Å². The number of piperidine rings is 5. The van der Waals surface area contributed by atoms with Gasteiger partial charge in [-0.2, -0.15) is 0 Å². The quantitative estimate of drug-likeness (QED) is 0.852. The van der Waals surface area contributed by atoms with Crippen molar-refractivity contribution in [1.82, 2.24) is 15.1 Å². The molecule has 5 aliphatic heterocycles. The molecule has 3 heteroatoms. The molecule has 3 nitrogen and oxygen atoms in total. The molecule has 3 unspecified atom stereocenters. The third-order valence-corrected chi connectivity index (χ3v) is 6.53. The van der Waals surface area contributed by atoms with Gasteiger partial charge in [-0.25, -0.2) is 0 Å². The second-order valence-electron chi connectivity index (χ2n) is 7.62. The molecule has 3 atom stereocenters. The molecule has 5 fully saturated rings. The molecule has 0 spiro atoms. The van der Waals surface area contributed by atoms with Crippen LogP contribution >= 0.6 is 0 Å². The Bertz CT molecular complexity index is 323. The first-order valence-corrected chi connectivity index (χ1v) is 9.08. The second kappa shape index (κ2) is 5.58. The molecule has 5 saturated heterocycles. The van der Waals surface area contributed by atoms with Crippen LogP contribution in [-0.2, 0) is 0 Å². The highest BCUT2D eigenvalue weighted by molar-refractivity contribution is 5.02. The molecule has 0 aliphatic carbocycles. The molecule has 5 heterocycles. The predicted molar refractivity (Wildman–Crippen MR) is 82.9 cm³/mol. The van der Waals surface area contributed by atoms with E-state index >= 15 is 0 Å². The zero-order valence-corrected chi connectivity index (χ0v) is 13.1. The minimum absolute atomic E-state index is 0.799. The van der Waals surface area contributed by atoms with E-state index < -0.39 is 0 Å². The summed E-state index contributed by atoms with van der Waals surface area (Å²) in [6, 6.07) is 3.47. The molecule has 0 aromatic heterocycles. The van der Waals surface area contributed by atoms with E-state index in [0.717, 1.165) is 36.6 Å². The van der Waals surface area contributed by atoms with E-state index in [2.05, 4.69) is 22.0 Å². The fourth-order valence-electron chi connectivity index (χ4n) is 5.69. The van der Waals surface area contributed by atoms with E-state index in [9.17, 15) is 0 Å². The lowest BCUT2D eigenvalue weighted by Crippen LogP contribution is -2.66. The molecule has 114 valence electrons. The molecule has 0 aromatic carbocycles. The van der Waals surface area contributed by atoms with Crippen molar-refractivity contribution in [2.45, 2.75) is 76.0 Å². The van der Waals surface area contributed by atoms with E-state index in [0.29, 0.717) is 0 Å². The van der Waals surface area contributed by atoms with Gasteiger partial charge in [0, 0.05) is 30.7 Å². The number of fused-ring (bicyclic) bond motifs is 6. The Morgan fingerprint density at radius 1 is 1.00 bits per heavy atom. The van der Waals surface area contributed by atoms with Crippen LogP contribution in [0.4, 0.5) is 0 Å². The summed E-state index contributed by atoms with van der Waals surface area (Å²) >= 11 is 0. The van der Waals surface area contributed by atoms with Crippen LogP contribution in [0.3, 0.4) is 0 Å². The molecule has 5 aliphatic rings. The summed E-state index contributed by atoms with van der Waals surface area (Å²) in [7, 11) is 0. The first-order valence-electron chi connectivity index (χ1n) is 9.08. The number of hydrogen-bond acceptors (Lipinski definition) is 3. The number of nitrogens with one attached hydrogen (secondary N) is 1. The van der Waals surface area contributed by atoms with Crippen molar-refractivity contribution in [2.24, 2.45) is 5.92 Å². The van der Waals surface area contributed by atoms with Crippen LogP contribution < -0.4 is 5.32 Å². The van der Waals surface area contributed by atoms with E-state index in [1.54, 1.807) is 0 Å². The van der Waals surface area contributed by atoms with Crippen LogP contribution in [0.5, 0.6) is 0 Å². The van der Waals surface area contributed by atoms with Gasteiger partial charge in [-0.05, 0) is 64.1 Å². The lowest BCUT2D eigenvalue weighted by atomic mass is 9.75. The SMILES string of the molecule is CCNC1CC2CCCC(C1)N2C1CN2CCC1CC2. The van der Waals surface area contributed by atoms with E-state index in [4.69, 9.17) is 0 Å². The van der Waals surface area contributed by atoms with Crippen molar-refractivity contribution < 1.29 is 0 Å².